The van der Waals surface area contributed by atoms with Crippen LogP contribution in [0.15, 0.2) is 23.1 Å². The summed E-state index contributed by atoms with van der Waals surface area (Å²) in [6.45, 7) is 0. The van der Waals surface area contributed by atoms with E-state index < -0.39 is 10.0 Å². The molecule has 0 aliphatic carbocycles. The Hall–Kier alpha value is -1.27. The fourth-order valence-corrected chi connectivity index (χ4v) is 1.75. The summed E-state index contributed by atoms with van der Waals surface area (Å²) in [7, 11) is -2.31. The van der Waals surface area contributed by atoms with Gasteiger partial charge < -0.3 is 10.8 Å². The zero-order valence-corrected chi connectivity index (χ0v) is 7.80. The second kappa shape index (κ2) is 3.23. The van der Waals surface area contributed by atoms with E-state index in [1.54, 1.807) is 0 Å². The third-order valence-electron chi connectivity index (χ3n) is 1.60. The largest absolute Gasteiger partial charge is 0.506 e. The third-order valence-corrected chi connectivity index (χ3v) is 3.07. The first-order chi connectivity index (χ1) is 5.99. The lowest BCUT2D eigenvalue weighted by molar-refractivity contribution is 0.476. The van der Waals surface area contributed by atoms with Gasteiger partial charge in [-0.25, -0.2) is 13.1 Å². The van der Waals surface area contributed by atoms with E-state index in [9.17, 15) is 8.42 Å². The highest BCUT2D eigenvalue weighted by Crippen LogP contribution is 2.26. The quantitative estimate of drug-likeness (QED) is 0.460. The molecule has 0 aliphatic heterocycles. The minimum atomic E-state index is -3.59. The van der Waals surface area contributed by atoms with Crippen molar-refractivity contribution in [3.63, 3.8) is 0 Å². The Morgan fingerprint density at radius 2 is 2.08 bits per heavy atom. The number of nitrogens with one attached hydrogen (secondary N) is 1. The third kappa shape index (κ3) is 1.73. The van der Waals surface area contributed by atoms with Crippen molar-refractivity contribution in [2.24, 2.45) is 0 Å². The van der Waals surface area contributed by atoms with E-state index in [0.29, 0.717) is 0 Å². The Bertz CT molecular complexity index is 414. The lowest BCUT2D eigenvalue weighted by Crippen LogP contribution is -2.19. The maximum absolute atomic E-state index is 11.3. The first-order valence-electron chi connectivity index (χ1n) is 3.50. The molecule has 0 bridgehead atoms. The molecule has 72 valence electrons. The molecule has 0 radical (unpaired) electrons. The predicted molar refractivity (Wildman–Crippen MR) is 48.8 cm³/mol. The molecule has 1 aromatic carbocycles. The zero-order valence-electron chi connectivity index (χ0n) is 6.98. The normalized spacial score (nSPS) is 11.5. The van der Waals surface area contributed by atoms with Crippen molar-refractivity contribution < 1.29 is 13.5 Å². The summed E-state index contributed by atoms with van der Waals surface area (Å²) in [5.74, 6) is -0.240. The van der Waals surface area contributed by atoms with E-state index in [0.717, 1.165) is 0 Å². The van der Waals surface area contributed by atoms with Crippen LogP contribution < -0.4 is 10.5 Å². The average Bonchev–Trinajstić information content (AvgIpc) is 2.09. The van der Waals surface area contributed by atoms with Gasteiger partial charge in [0.15, 0.2) is 0 Å². The van der Waals surface area contributed by atoms with Crippen LogP contribution >= 0.6 is 0 Å². The zero-order chi connectivity index (χ0) is 10.1. The van der Waals surface area contributed by atoms with Gasteiger partial charge in [-0.3, -0.25) is 0 Å². The molecule has 1 rings (SSSR count). The highest BCUT2D eigenvalue weighted by atomic mass is 32.2. The number of hydrogen-bond donors (Lipinski definition) is 3. The molecule has 4 N–H and O–H groups in total. The lowest BCUT2D eigenvalue weighted by atomic mass is 10.3. The monoisotopic (exact) mass is 202 g/mol. The number of anilines is 1. The van der Waals surface area contributed by atoms with Gasteiger partial charge in [0.25, 0.3) is 0 Å². The first-order valence-corrected chi connectivity index (χ1v) is 4.98. The van der Waals surface area contributed by atoms with E-state index in [1.807, 2.05) is 0 Å². The SMILES string of the molecule is CNS(=O)(=O)c1cccc(O)c1N. The van der Waals surface area contributed by atoms with Crippen LogP contribution in [0, 0.1) is 0 Å². The molecule has 0 saturated heterocycles. The Balaban J connectivity index is 3.40. The van der Waals surface area contributed by atoms with Gasteiger partial charge in [0, 0.05) is 0 Å². The molecular weight excluding hydrogens is 192 g/mol. The summed E-state index contributed by atoms with van der Waals surface area (Å²) < 4.78 is 24.7. The number of phenols is 1. The Kier molecular flexibility index (Phi) is 2.44. The second-order valence-electron chi connectivity index (χ2n) is 2.40. The van der Waals surface area contributed by atoms with Crippen LogP contribution in [0.4, 0.5) is 5.69 Å². The summed E-state index contributed by atoms with van der Waals surface area (Å²) in [5.41, 5.74) is 5.23. The van der Waals surface area contributed by atoms with Crippen LogP contribution in [0.1, 0.15) is 0 Å². The van der Waals surface area contributed by atoms with Gasteiger partial charge in [-0.2, -0.15) is 0 Å². The lowest BCUT2D eigenvalue weighted by Gasteiger charge is -2.06. The van der Waals surface area contributed by atoms with Crippen LogP contribution in [-0.2, 0) is 10.0 Å². The van der Waals surface area contributed by atoms with Gasteiger partial charge in [-0.05, 0) is 19.2 Å². The molecule has 0 fully saturated rings. The maximum atomic E-state index is 11.3. The first kappa shape index (κ1) is 9.82. The number of benzene rings is 1. The number of phenolic OH excluding ortho intramolecular Hbond substituents is 1. The molecule has 13 heavy (non-hydrogen) atoms. The van der Waals surface area contributed by atoms with Crippen molar-refractivity contribution in [1.29, 1.82) is 0 Å². The molecule has 0 unspecified atom stereocenters. The van der Waals surface area contributed by atoms with Crippen molar-refractivity contribution in [3.8, 4) is 5.75 Å². The molecule has 0 amide bonds. The summed E-state index contributed by atoms with van der Waals surface area (Å²) in [4.78, 5) is -0.116. The van der Waals surface area contributed by atoms with Gasteiger partial charge >= 0.3 is 0 Å². The molecule has 0 spiro atoms. The van der Waals surface area contributed by atoms with Gasteiger partial charge in [-0.15, -0.1) is 0 Å². The van der Waals surface area contributed by atoms with E-state index in [4.69, 9.17) is 10.8 Å². The maximum Gasteiger partial charge on any atom is 0.242 e. The molecule has 0 heterocycles. The molecule has 0 saturated carbocycles. The molecule has 0 aromatic heterocycles. The highest BCUT2D eigenvalue weighted by molar-refractivity contribution is 7.89. The van der Waals surface area contributed by atoms with E-state index in [2.05, 4.69) is 4.72 Å². The van der Waals surface area contributed by atoms with Gasteiger partial charge in [0.2, 0.25) is 10.0 Å². The smallest absolute Gasteiger partial charge is 0.242 e. The van der Waals surface area contributed by atoms with E-state index in [1.165, 1.54) is 25.2 Å². The number of rotatable bonds is 2. The Morgan fingerprint density at radius 1 is 1.46 bits per heavy atom. The van der Waals surface area contributed by atoms with E-state index in [-0.39, 0.29) is 16.3 Å². The van der Waals surface area contributed by atoms with Crippen molar-refractivity contribution in [1.82, 2.24) is 4.72 Å². The molecule has 5 nitrogen and oxygen atoms in total. The summed E-state index contributed by atoms with van der Waals surface area (Å²) in [6.07, 6.45) is 0. The fraction of sp³-hybridized carbons (Fsp3) is 0.143. The van der Waals surface area contributed by atoms with Crippen molar-refractivity contribution in [2.75, 3.05) is 12.8 Å². The van der Waals surface area contributed by atoms with Crippen LogP contribution in [0.3, 0.4) is 0 Å². The molecular formula is C7H10N2O3S. The van der Waals surface area contributed by atoms with E-state index >= 15 is 0 Å². The van der Waals surface area contributed by atoms with Crippen LogP contribution in [0.25, 0.3) is 0 Å². The minimum absolute atomic E-state index is 0.116. The number of sulfonamides is 1. The standard InChI is InChI=1S/C7H10N2O3S/c1-9-13(11,12)6-4-2-3-5(10)7(6)8/h2-4,9-10H,8H2,1H3. The number of nitrogens with two attached hydrogens (primary N) is 1. The molecule has 1 aromatic rings. The van der Waals surface area contributed by atoms with Gasteiger partial charge in [0.1, 0.15) is 10.6 Å². The number of nitrogen functional groups attached to an aromatic ring is 1. The summed E-state index contributed by atoms with van der Waals surface area (Å²) >= 11 is 0. The van der Waals surface area contributed by atoms with Crippen LogP contribution in [-0.4, -0.2) is 20.6 Å². The summed E-state index contributed by atoms with van der Waals surface area (Å²) in [6, 6.07) is 4.06. The fourth-order valence-electron chi connectivity index (χ4n) is 0.877. The van der Waals surface area contributed by atoms with Crippen molar-refractivity contribution in [2.45, 2.75) is 4.90 Å². The number of hydrogen-bond acceptors (Lipinski definition) is 4. The Labute approximate surface area is 76.2 Å². The van der Waals surface area contributed by atoms with Crippen LogP contribution in [0.5, 0.6) is 5.75 Å². The predicted octanol–water partition coefficient (Wildman–Crippen LogP) is -0.118. The van der Waals surface area contributed by atoms with Crippen molar-refractivity contribution >= 4 is 15.7 Å². The molecule has 0 atom stereocenters. The number of para-hydroxylation sites is 1. The minimum Gasteiger partial charge on any atom is -0.506 e. The topological polar surface area (TPSA) is 92.4 Å². The highest BCUT2D eigenvalue weighted by Gasteiger charge is 2.16. The Morgan fingerprint density at radius 3 is 2.62 bits per heavy atom. The van der Waals surface area contributed by atoms with Crippen molar-refractivity contribution in [3.05, 3.63) is 18.2 Å². The average molecular weight is 202 g/mol. The van der Waals surface area contributed by atoms with Crippen LogP contribution in [0.2, 0.25) is 0 Å². The van der Waals surface area contributed by atoms with Gasteiger partial charge in [-0.1, -0.05) is 6.07 Å². The summed E-state index contributed by atoms with van der Waals surface area (Å²) in [5, 5.41) is 9.14. The number of aromatic hydroxyl groups is 1. The van der Waals surface area contributed by atoms with Gasteiger partial charge in [0.05, 0.1) is 5.69 Å². The molecule has 0 aliphatic rings. The second-order valence-corrected chi connectivity index (χ2v) is 4.25. The molecule has 6 heteroatoms.